The van der Waals surface area contributed by atoms with Crippen LogP contribution < -0.4 is 4.90 Å². The minimum atomic E-state index is 0.172. The maximum Gasteiger partial charge on any atom is 0.233 e. The maximum absolute atomic E-state index is 13.1. The lowest BCUT2D eigenvalue weighted by atomic mass is 9.87. The molecule has 1 amide bonds. The number of hydrogen-bond donors (Lipinski definition) is 0. The summed E-state index contributed by atoms with van der Waals surface area (Å²) in [6.07, 6.45) is 8.11. The van der Waals surface area contributed by atoms with Crippen LogP contribution in [0.4, 0.5) is 5.95 Å². The Morgan fingerprint density at radius 1 is 1.13 bits per heavy atom. The zero-order valence-electron chi connectivity index (χ0n) is 18.7. The number of piperidine rings is 1. The van der Waals surface area contributed by atoms with Crippen LogP contribution in [0.2, 0.25) is 0 Å². The molecule has 0 radical (unpaired) electrons. The standard InChI is InChI=1S/C24H33N5OS/c1-17-12-14-28(15-13-17)23-25-26-24(29(23)19-10-11-19)31-16-22(30)27(2)21-9-5-7-18-6-3-4-8-20(18)21/h3-4,6,8,17,19,21H,5,7,9-16H2,1-2H3/t21-/m0/s1. The molecule has 6 nitrogen and oxygen atoms in total. The zero-order chi connectivity index (χ0) is 21.4. The summed E-state index contributed by atoms with van der Waals surface area (Å²) in [6.45, 7) is 4.44. The smallest absolute Gasteiger partial charge is 0.233 e. The van der Waals surface area contributed by atoms with Gasteiger partial charge in [0.2, 0.25) is 11.9 Å². The van der Waals surface area contributed by atoms with E-state index in [1.807, 2.05) is 11.9 Å². The van der Waals surface area contributed by atoms with E-state index in [1.165, 1.54) is 36.8 Å². The number of aryl methyl sites for hydroxylation is 1. The molecule has 0 unspecified atom stereocenters. The maximum atomic E-state index is 13.1. The van der Waals surface area contributed by atoms with Crippen molar-refractivity contribution in [2.75, 3.05) is 30.8 Å². The highest BCUT2D eigenvalue weighted by Crippen LogP contribution is 2.41. The molecule has 2 fully saturated rings. The van der Waals surface area contributed by atoms with E-state index in [1.54, 1.807) is 11.8 Å². The van der Waals surface area contributed by atoms with Crippen molar-refractivity contribution < 1.29 is 4.79 Å². The quantitative estimate of drug-likeness (QED) is 0.621. The number of nitrogens with zero attached hydrogens (tertiary/aromatic N) is 5. The number of fused-ring (bicyclic) bond motifs is 1. The Morgan fingerprint density at radius 3 is 2.68 bits per heavy atom. The van der Waals surface area contributed by atoms with E-state index in [0.29, 0.717) is 11.8 Å². The van der Waals surface area contributed by atoms with Crippen molar-refractivity contribution in [3.8, 4) is 0 Å². The Bertz CT molecular complexity index is 932. The van der Waals surface area contributed by atoms with Crippen molar-refractivity contribution in [1.82, 2.24) is 19.7 Å². The van der Waals surface area contributed by atoms with Gasteiger partial charge in [0.25, 0.3) is 0 Å². The molecule has 3 aliphatic rings. The van der Waals surface area contributed by atoms with Crippen LogP contribution in [0, 0.1) is 5.92 Å². The Morgan fingerprint density at radius 2 is 1.90 bits per heavy atom. The first-order valence-electron chi connectivity index (χ1n) is 11.8. The fraction of sp³-hybridized carbons (Fsp3) is 0.625. The van der Waals surface area contributed by atoms with Gasteiger partial charge in [-0.25, -0.2) is 0 Å². The Kier molecular flexibility index (Phi) is 5.95. The Hall–Kier alpha value is -2.02. The first kappa shape index (κ1) is 20.9. The van der Waals surface area contributed by atoms with E-state index in [-0.39, 0.29) is 11.9 Å². The van der Waals surface area contributed by atoms with Gasteiger partial charge in [-0.15, -0.1) is 10.2 Å². The second kappa shape index (κ2) is 8.85. The molecule has 0 spiro atoms. The molecule has 1 saturated heterocycles. The molecule has 2 heterocycles. The summed E-state index contributed by atoms with van der Waals surface area (Å²) < 4.78 is 2.31. The van der Waals surface area contributed by atoms with E-state index < -0.39 is 0 Å². The molecule has 7 heteroatoms. The van der Waals surface area contributed by atoms with Crippen LogP contribution in [0.15, 0.2) is 29.4 Å². The van der Waals surface area contributed by atoms with Gasteiger partial charge in [0.05, 0.1) is 11.8 Å². The van der Waals surface area contributed by atoms with Crippen LogP contribution in [0.3, 0.4) is 0 Å². The SMILES string of the molecule is CC1CCN(c2nnc(SCC(=O)N(C)[C@H]3CCCc4ccccc43)n2C2CC2)CC1. The van der Waals surface area contributed by atoms with Crippen LogP contribution in [-0.4, -0.2) is 51.5 Å². The van der Waals surface area contributed by atoms with E-state index in [0.717, 1.165) is 49.4 Å². The normalized spacial score (nSPS) is 21.7. The van der Waals surface area contributed by atoms with Crippen LogP contribution >= 0.6 is 11.8 Å². The molecule has 1 saturated carbocycles. The van der Waals surface area contributed by atoms with Gasteiger partial charge >= 0.3 is 0 Å². The highest BCUT2D eigenvalue weighted by atomic mass is 32.2. The number of carbonyl (C=O) groups excluding carboxylic acids is 1. The van der Waals surface area contributed by atoms with Crippen molar-refractivity contribution in [3.05, 3.63) is 35.4 Å². The van der Waals surface area contributed by atoms with Gasteiger partial charge in [-0.05, 0) is 62.0 Å². The highest BCUT2D eigenvalue weighted by Gasteiger charge is 2.33. The van der Waals surface area contributed by atoms with Crippen LogP contribution in [0.1, 0.15) is 68.7 Å². The molecule has 0 bridgehead atoms. The molecule has 1 atom stereocenters. The van der Waals surface area contributed by atoms with Gasteiger partial charge in [-0.1, -0.05) is 43.0 Å². The summed E-state index contributed by atoms with van der Waals surface area (Å²) in [5.74, 6) is 2.39. The third-order valence-electron chi connectivity index (χ3n) is 7.15. The third kappa shape index (κ3) is 4.34. The molecule has 5 rings (SSSR count). The average molecular weight is 440 g/mol. The predicted molar refractivity (Wildman–Crippen MR) is 125 cm³/mol. The molecule has 1 aromatic carbocycles. The van der Waals surface area contributed by atoms with Gasteiger partial charge in [-0.3, -0.25) is 9.36 Å². The number of carbonyl (C=O) groups is 1. The van der Waals surface area contributed by atoms with Crippen molar-refractivity contribution >= 4 is 23.6 Å². The summed E-state index contributed by atoms with van der Waals surface area (Å²) in [6, 6.07) is 9.27. The number of hydrogen-bond acceptors (Lipinski definition) is 5. The number of aromatic nitrogens is 3. The first-order valence-corrected chi connectivity index (χ1v) is 12.8. The van der Waals surface area contributed by atoms with E-state index in [9.17, 15) is 4.79 Å². The molecular weight excluding hydrogens is 406 g/mol. The molecule has 2 aliphatic carbocycles. The van der Waals surface area contributed by atoms with Crippen molar-refractivity contribution in [2.24, 2.45) is 5.92 Å². The van der Waals surface area contributed by atoms with Crippen molar-refractivity contribution in [1.29, 1.82) is 0 Å². The first-order chi connectivity index (χ1) is 15.1. The highest BCUT2D eigenvalue weighted by molar-refractivity contribution is 7.99. The lowest BCUT2D eigenvalue weighted by molar-refractivity contribution is -0.129. The van der Waals surface area contributed by atoms with E-state index in [2.05, 4.69) is 50.9 Å². The summed E-state index contributed by atoms with van der Waals surface area (Å²) in [5.41, 5.74) is 2.71. The minimum absolute atomic E-state index is 0.172. The van der Waals surface area contributed by atoms with Gasteiger partial charge in [0, 0.05) is 26.2 Å². The summed E-state index contributed by atoms with van der Waals surface area (Å²) in [7, 11) is 1.96. The lowest BCUT2D eigenvalue weighted by Crippen LogP contribution is -2.35. The number of amides is 1. The number of thioether (sulfide) groups is 1. The number of rotatable bonds is 6. The molecule has 1 aromatic heterocycles. The second-order valence-electron chi connectivity index (χ2n) is 9.45. The number of anilines is 1. The summed E-state index contributed by atoms with van der Waals surface area (Å²) in [5, 5.41) is 9.98. The zero-order valence-corrected chi connectivity index (χ0v) is 19.5. The molecule has 0 N–H and O–H groups in total. The molecule has 1 aliphatic heterocycles. The van der Waals surface area contributed by atoms with Crippen LogP contribution in [0.5, 0.6) is 0 Å². The Labute approximate surface area is 189 Å². The Balaban J connectivity index is 1.27. The van der Waals surface area contributed by atoms with Crippen LogP contribution in [-0.2, 0) is 11.2 Å². The van der Waals surface area contributed by atoms with Crippen molar-refractivity contribution in [2.45, 2.75) is 69.1 Å². The lowest BCUT2D eigenvalue weighted by Gasteiger charge is -2.33. The largest absolute Gasteiger partial charge is 0.341 e. The van der Waals surface area contributed by atoms with Gasteiger partial charge in [0.1, 0.15) is 0 Å². The summed E-state index contributed by atoms with van der Waals surface area (Å²) in [4.78, 5) is 17.4. The van der Waals surface area contributed by atoms with Crippen molar-refractivity contribution in [3.63, 3.8) is 0 Å². The third-order valence-corrected chi connectivity index (χ3v) is 8.08. The second-order valence-corrected chi connectivity index (χ2v) is 10.4. The fourth-order valence-electron chi connectivity index (χ4n) is 4.98. The molecule has 2 aromatic rings. The van der Waals surface area contributed by atoms with E-state index >= 15 is 0 Å². The predicted octanol–water partition coefficient (Wildman–Crippen LogP) is 4.48. The van der Waals surface area contributed by atoms with E-state index in [4.69, 9.17) is 0 Å². The number of benzene rings is 1. The molecule has 166 valence electrons. The molecule has 31 heavy (non-hydrogen) atoms. The fourth-order valence-corrected chi connectivity index (χ4v) is 5.90. The topological polar surface area (TPSA) is 54.3 Å². The van der Waals surface area contributed by atoms with Crippen LogP contribution in [0.25, 0.3) is 0 Å². The molecular formula is C24H33N5OS. The minimum Gasteiger partial charge on any atom is -0.341 e. The van der Waals surface area contributed by atoms with Gasteiger partial charge < -0.3 is 9.80 Å². The summed E-state index contributed by atoms with van der Waals surface area (Å²) >= 11 is 1.55. The van der Waals surface area contributed by atoms with Gasteiger partial charge in [0.15, 0.2) is 5.16 Å². The monoisotopic (exact) mass is 439 g/mol. The average Bonchev–Trinajstić information content (AvgIpc) is 3.56. The van der Waals surface area contributed by atoms with Gasteiger partial charge in [-0.2, -0.15) is 0 Å².